The van der Waals surface area contributed by atoms with E-state index in [-0.39, 0.29) is 12.0 Å². The van der Waals surface area contributed by atoms with Gasteiger partial charge in [0.25, 0.3) is 5.91 Å². The smallest absolute Gasteiger partial charge is 0.257 e. The van der Waals surface area contributed by atoms with Crippen molar-refractivity contribution in [1.82, 2.24) is 14.9 Å². The van der Waals surface area contributed by atoms with Gasteiger partial charge in [-0.15, -0.1) is 0 Å². The molecule has 0 spiro atoms. The largest absolute Gasteiger partial charge is 0.376 e. The summed E-state index contributed by atoms with van der Waals surface area (Å²) in [5.74, 6) is 0.786. The van der Waals surface area contributed by atoms with Crippen molar-refractivity contribution in [2.75, 3.05) is 19.7 Å². The van der Waals surface area contributed by atoms with Crippen molar-refractivity contribution in [1.29, 1.82) is 0 Å². The van der Waals surface area contributed by atoms with Crippen LogP contribution in [0.2, 0.25) is 0 Å². The van der Waals surface area contributed by atoms with Gasteiger partial charge in [0.05, 0.1) is 11.7 Å². The van der Waals surface area contributed by atoms with Crippen LogP contribution in [0.15, 0.2) is 18.7 Å². The van der Waals surface area contributed by atoms with E-state index >= 15 is 0 Å². The summed E-state index contributed by atoms with van der Waals surface area (Å²) in [4.78, 5) is 21.9. The fraction of sp³-hybridized carbons (Fsp3) is 0.643. The van der Waals surface area contributed by atoms with Crippen LogP contribution in [0.5, 0.6) is 0 Å². The van der Waals surface area contributed by atoms with Gasteiger partial charge in [-0.25, -0.2) is 9.97 Å². The first-order chi connectivity index (χ1) is 9.33. The maximum atomic E-state index is 12.3. The van der Waals surface area contributed by atoms with Crippen molar-refractivity contribution in [3.05, 3.63) is 24.3 Å². The van der Waals surface area contributed by atoms with Gasteiger partial charge in [0.15, 0.2) is 0 Å². The van der Waals surface area contributed by atoms with E-state index in [2.05, 4.69) is 9.97 Å². The highest BCUT2D eigenvalue weighted by molar-refractivity contribution is 5.93. The van der Waals surface area contributed by atoms with E-state index in [1.54, 1.807) is 12.4 Å². The summed E-state index contributed by atoms with van der Waals surface area (Å²) < 4.78 is 5.90. The molecule has 1 amide bonds. The number of piperidine rings is 1. The zero-order chi connectivity index (χ0) is 13.1. The Morgan fingerprint density at radius 2 is 2.11 bits per heavy atom. The maximum absolute atomic E-state index is 12.3. The van der Waals surface area contributed by atoms with Crippen LogP contribution < -0.4 is 0 Å². The lowest BCUT2D eigenvalue weighted by Crippen LogP contribution is -2.43. The second-order valence-corrected chi connectivity index (χ2v) is 5.42. The standard InChI is InChI=1S/C14H19N3O2/c18-14(12-6-15-10-16-7-12)17-5-1-2-13(8-17)19-9-11-3-4-11/h6-7,10-11,13H,1-5,8-9H2. The van der Waals surface area contributed by atoms with Crippen LogP contribution in [0, 0.1) is 5.92 Å². The lowest BCUT2D eigenvalue weighted by atomic mass is 10.1. The van der Waals surface area contributed by atoms with Crippen molar-refractivity contribution in [2.24, 2.45) is 5.92 Å². The van der Waals surface area contributed by atoms with E-state index in [9.17, 15) is 4.79 Å². The molecule has 2 heterocycles. The maximum Gasteiger partial charge on any atom is 0.257 e. The molecule has 0 bridgehead atoms. The number of hydrogen-bond donors (Lipinski definition) is 0. The zero-order valence-corrected chi connectivity index (χ0v) is 11.0. The molecule has 1 aliphatic carbocycles. The van der Waals surface area contributed by atoms with Crippen LogP contribution in [0.1, 0.15) is 36.0 Å². The third kappa shape index (κ3) is 3.29. The number of aromatic nitrogens is 2. The van der Waals surface area contributed by atoms with Gasteiger partial charge in [-0.2, -0.15) is 0 Å². The molecule has 19 heavy (non-hydrogen) atoms. The highest BCUT2D eigenvalue weighted by atomic mass is 16.5. The number of nitrogens with zero attached hydrogens (tertiary/aromatic N) is 3. The van der Waals surface area contributed by atoms with Gasteiger partial charge in [0, 0.05) is 32.1 Å². The van der Waals surface area contributed by atoms with Gasteiger partial charge in [-0.3, -0.25) is 4.79 Å². The molecule has 0 N–H and O–H groups in total. The van der Waals surface area contributed by atoms with E-state index < -0.39 is 0 Å². The predicted octanol–water partition coefficient (Wildman–Crippen LogP) is 1.51. The van der Waals surface area contributed by atoms with Gasteiger partial charge < -0.3 is 9.64 Å². The van der Waals surface area contributed by atoms with Crippen molar-refractivity contribution in [2.45, 2.75) is 31.8 Å². The minimum absolute atomic E-state index is 0.0142. The van der Waals surface area contributed by atoms with Crippen LogP contribution in [-0.4, -0.2) is 46.6 Å². The third-order valence-electron chi connectivity index (χ3n) is 3.74. The number of ether oxygens (including phenoxy) is 1. The van der Waals surface area contributed by atoms with E-state index in [1.165, 1.54) is 19.2 Å². The summed E-state index contributed by atoms with van der Waals surface area (Å²) in [5, 5.41) is 0. The molecule has 1 saturated heterocycles. The molecule has 1 aromatic heterocycles. The molecule has 1 aromatic rings. The summed E-state index contributed by atoms with van der Waals surface area (Å²) in [6.07, 6.45) is 9.45. The summed E-state index contributed by atoms with van der Waals surface area (Å²) in [6.45, 7) is 2.36. The Morgan fingerprint density at radius 1 is 1.32 bits per heavy atom. The predicted molar refractivity (Wildman–Crippen MR) is 69.6 cm³/mol. The average molecular weight is 261 g/mol. The molecule has 1 aliphatic heterocycles. The van der Waals surface area contributed by atoms with Gasteiger partial charge >= 0.3 is 0 Å². The number of rotatable bonds is 4. The quantitative estimate of drug-likeness (QED) is 0.824. The Hall–Kier alpha value is -1.49. The molecule has 5 heteroatoms. The van der Waals surface area contributed by atoms with Crippen LogP contribution in [0.3, 0.4) is 0 Å². The molecular weight excluding hydrogens is 242 g/mol. The molecular formula is C14H19N3O2. The summed E-state index contributed by atoms with van der Waals surface area (Å²) in [5.41, 5.74) is 0.561. The summed E-state index contributed by atoms with van der Waals surface area (Å²) in [7, 11) is 0. The number of hydrogen-bond acceptors (Lipinski definition) is 4. The Kier molecular flexibility index (Phi) is 3.73. The van der Waals surface area contributed by atoms with Gasteiger partial charge in [-0.1, -0.05) is 0 Å². The van der Waals surface area contributed by atoms with E-state index in [0.29, 0.717) is 12.1 Å². The highest BCUT2D eigenvalue weighted by Crippen LogP contribution is 2.30. The lowest BCUT2D eigenvalue weighted by molar-refractivity contribution is -0.00245. The normalized spacial score (nSPS) is 23.4. The number of likely N-dealkylation sites (tertiary alicyclic amines) is 1. The second-order valence-electron chi connectivity index (χ2n) is 5.42. The molecule has 102 valence electrons. The first-order valence-electron chi connectivity index (χ1n) is 6.99. The topological polar surface area (TPSA) is 55.3 Å². The van der Waals surface area contributed by atoms with E-state index in [0.717, 1.165) is 31.9 Å². The minimum Gasteiger partial charge on any atom is -0.376 e. The van der Waals surface area contributed by atoms with Crippen molar-refractivity contribution in [3.63, 3.8) is 0 Å². The van der Waals surface area contributed by atoms with Crippen LogP contribution in [0.25, 0.3) is 0 Å². The number of carbonyl (C=O) groups is 1. The molecule has 2 fully saturated rings. The van der Waals surface area contributed by atoms with Gasteiger partial charge in [-0.05, 0) is 31.6 Å². The van der Waals surface area contributed by atoms with Gasteiger partial charge in [0.2, 0.25) is 0 Å². The van der Waals surface area contributed by atoms with E-state index in [1.807, 2.05) is 4.90 Å². The molecule has 3 rings (SSSR count). The molecule has 1 saturated carbocycles. The second kappa shape index (κ2) is 5.65. The third-order valence-corrected chi connectivity index (χ3v) is 3.74. The lowest BCUT2D eigenvalue weighted by Gasteiger charge is -2.32. The van der Waals surface area contributed by atoms with Crippen LogP contribution in [0.4, 0.5) is 0 Å². The Labute approximate surface area is 113 Å². The van der Waals surface area contributed by atoms with Crippen LogP contribution in [-0.2, 0) is 4.74 Å². The molecule has 5 nitrogen and oxygen atoms in total. The Morgan fingerprint density at radius 3 is 2.84 bits per heavy atom. The SMILES string of the molecule is O=C(c1cncnc1)N1CCCC(OCC2CC2)C1. The first-order valence-corrected chi connectivity index (χ1v) is 6.99. The highest BCUT2D eigenvalue weighted by Gasteiger charge is 2.28. The monoisotopic (exact) mass is 261 g/mol. The molecule has 1 unspecified atom stereocenters. The van der Waals surface area contributed by atoms with E-state index in [4.69, 9.17) is 4.74 Å². The van der Waals surface area contributed by atoms with Crippen molar-refractivity contribution < 1.29 is 9.53 Å². The Balaban J connectivity index is 1.56. The fourth-order valence-corrected chi connectivity index (χ4v) is 2.41. The number of carbonyl (C=O) groups excluding carboxylic acids is 1. The van der Waals surface area contributed by atoms with Crippen LogP contribution >= 0.6 is 0 Å². The first kappa shape index (κ1) is 12.5. The van der Waals surface area contributed by atoms with Gasteiger partial charge in [0.1, 0.15) is 6.33 Å². The average Bonchev–Trinajstić information content (AvgIpc) is 3.30. The molecule has 2 aliphatic rings. The summed E-state index contributed by atoms with van der Waals surface area (Å²) >= 11 is 0. The molecule has 0 radical (unpaired) electrons. The minimum atomic E-state index is 0.0142. The fourth-order valence-electron chi connectivity index (χ4n) is 2.41. The molecule has 0 aromatic carbocycles. The summed E-state index contributed by atoms with van der Waals surface area (Å²) in [6, 6.07) is 0. The Bertz CT molecular complexity index is 434. The van der Waals surface area contributed by atoms with Crippen molar-refractivity contribution in [3.8, 4) is 0 Å². The zero-order valence-electron chi connectivity index (χ0n) is 11.0. The molecule has 1 atom stereocenters. The number of amides is 1. The van der Waals surface area contributed by atoms with Crippen molar-refractivity contribution >= 4 is 5.91 Å².